The van der Waals surface area contributed by atoms with Gasteiger partial charge in [0.2, 0.25) is 0 Å². The second-order valence-electron chi connectivity index (χ2n) is 5.76. The molecule has 30 heavy (non-hydrogen) atoms. The predicted molar refractivity (Wildman–Crippen MR) is 115 cm³/mol. The van der Waals surface area contributed by atoms with Gasteiger partial charge in [-0.1, -0.05) is 0 Å². The first-order valence-electron chi connectivity index (χ1n) is 9.35. The molecule has 0 atom stereocenters. The summed E-state index contributed by atoms with van der Waals surface area (Å²) in [6.07, 6.45) is 2.97. The monoisotopic (exact) mass is 414 g/mol. The van der Waals surface area contributed by atoms with E-state index in [0.29, 0.717) is 36.2 Å². The minimum Gasteiger partial charge on any atom is -0.493 e. The molecule has 0 aromatic heterocycles. The van der Waals surface area contributed by atoms with Gasteiger partial charge in [-0.25, -0.2) is 15.6 Å². The molecule has 0 heterocycles. The van der Waals surface area contributed by atoms with Crippen molar-refractivity contribution >= 4 is 18.5 Å². The standard InChI is InChI=1S/C21H26N4O5/c1-5-29-17-9-7-15(11-19(17)27-3)13-22-24-21(26)25-23-14-16-8-10-18(30-6-2)20(12-16)28-4/h7-14H,5-6H2,1-4H3,(H2,24,25,26)/b22-13-,23-14-. The van der Waals surface area contributed by atoms with Crippen LogP contribution < -0.4 is 29.8 Å². The lowest BCUT2D eigenvalue weighted by atomic mass is 10.2. The Morgan fingerprint density at radius 1 is 0.800 bits per heavy atom. The number of nitrogens with zero attached hydrogens (tertiary/aromatic N) is 2. The molecule has 0 aliphatic carbocycles. The Morgan fingerprint density at radius 2 is 1.23 bits per heavy atom. The number of carbonyl (C=O) groups is 1. The smallest absolute Gasteiger partial charge is 0.355 e. The van der Waals surface area contributed by atoms with Gasteiger partial charge < -0.3 is 18.9 Å². The van der Waals surface area contributed by atoms with E-state index in [2.05, 4.69) is 21.1 Å². The van der Waals surface area contributed by atoms with Gasteiger partial charge in [-0.2, -0.15) is 10.2 Å². The van der Waals surface area contributed by atoms with Crippen LogP contribution in [0.4, 0.5) is 4.79 Å². The van der Waals surface area contributed by atoms with Gasteiger partial charge in [0, 0.05) is 0 Å². The summed E-state index contributed by atoms with van der Waals surface area (Å²) in [7, 11) is 3.12. The van der Waals surface area contributed by atoms with Crippen LogP contribution in [0.2, 0.25) is 0 Å². The van der Waals surface area contributed by atoms with Crippen LogP contribution in [0.15, 0.2) is 46.6 Å². The first kappa shape index (κ1) is 22.5. The van der Waals surface area contributed by atoms with E-state index in [1.807, 2.05) is 13.8 Å². The maximum atomic E-state index is 11.8. The number of nitrogens with one attached hydrogen (secondary N) is 2. The van der Waals surface area contributed by atoms with Gasteiger partial charge in [0.15, 0.2) is 23.0 Å². The summed E-state index contributed by atoms with van der Waals surface area (Å²) in [6, 6.07) is 10.1. The van der Waals surface area contributed by atoms with Crippen molar-refractivity contribution in [3.05, 3.63) is 47.5 Å². The Morgan fingerprint density at radius 3 is 1.60 bits per heavy atom. The first-order valence-corrected chi connectivity index (χ1v) is 9.35. The third-order valence-corrected chi connectivity index (χ3v) is 3.73. The number of hydrogen-bond acceptors (Lipinski definition) is 7. The molecule has 0 spiro atoms. The van der Waals surface area contributed by atoms with E-state index in [4.69, 9.17) is 18.9 Å². The molecule has 0 radical (unpaired) electrons. The van der Waals surface area contributed by atoms with E-state index in [1.54, 1.807) is 50.6 Å². The van der Waals surface area contributed by atoms with Crippen LogP contribution in [0.25, 0.3) is 0 Å². The summed E-state index contributed by atoms with van der Waals surface area (Å²) < 4.78 is 21.5. The average Bonchev–Trinajstić information content (AvgIpc) is 2.76. The van der Waals surface area contributed by atoms with Crippen molar-refractivity contribution in [2.75, 3.05) is 27.4 Å². The van der Waals surface area contributed by atoms with E-state index in [9.17, 15) is 4.79 Å². The topological polar surface area (TPSA) is 103 Å². The molecule has 160 valence electrons. The van der Waals surface area contributed by atoms with E-state index >= 15 is 0 Å². The van der Waals surface area contributed by atoms with Crippen molar-refractivity contribution in [1.82, 2.24) is 10.9 Å². The molecule has 0 saturated carbocycles. The molecule has 2 aromatic rings. The summed E-state index contributed by atoms with van der Waals surface area (Å²) in [4.78, 5) is 11.8. The number of benzene rings is 2. The molecule has 9 heteroatoms. The zero-order valence-electron chi connectivity index (χ0n) is 17.5. The van der Waals surface area contributed by atoms with Crippen LogP contribution in [-0.4, -0.2) is 45.9 Å². The lowest BCUT2D eigenvalue weighted by Gasteiger charge is -2.09. The fourth-order valence-electron chi connectivity index (χ4n) is 2.43. The number of amides is 2. The van der Waals surface area contributed by atoms with Gasteiger partial charge in [0.1, 0.15) is 0 Å². The number of rotatable bonds is 10. The van der Waals surface area contributed by atoms with E-state index in [-0.39, 0.29) is 0 Å². The van der Waals surface area contributed by atoms with Gasteiger partial charge in [-0.3, -0.25) is 0 Å². The molecule has 2 rings (SSSR count). The molecule has 0 unspecified atom stereocenters. The highest BCUT2D eigenvalue weighted by Crippen LogP contribution is 2.28. The van der Waals surface area contributed by atoms with Crippen LogP contribution >= 0.6 is 0 Å². The molecular formula is C21H26N4O5. The molecule has 0 aliphatic rings. The van der Waals surface area contributed by atoms with Crippen LogP contribution in [0.3, 0.4) is 0 Å². The molecule has 0 saturated heterocycles. The van der Waals surface area contributed by atoms with Gasteiger partial charge >= 0.3 is 6.03 Å². The summed E-state index contributed by atoms with van der Waals surface area (Å²) >= 11 is 0. The third kappa shape index (κ3) is 6.69. The van der Waals surface area contributed by atoms with Crippen molar-refractivity contribution in [1.29, 1.82) is 0 Å². The number of hydrogen-bond donors (Lipinski definition) is 2. The maximum absolute atomic E-state index is 11.8. The maximum Gasteiger partial charge on any atom is 0.355 e. The zero-order valence-corrected chi connectivity index (χ0v) is 17.5. The summed E-state index contributed by atoms with van der Waals surface area (Å²) in [6.45, 7) is 4.86. The van der Waals surface area contributed by atoms with Gasteiger partial charge in [-0.15, -0.1) is 0 Å². The molecule has 0 bridgehead atoms. The van der Waals surface area contributed by atoms with Crippen molar-refractivity contribution in [3.63, 3.8) is 0 Å². The van der Waals surface area contributed by atoms with Crippen LogP contribution in [-0.2, 0) is 0 Å². The molecule has 9 nitrogen and oxygen atoms in total. The number of ether oxygens (including phenoxy) is 4. The van der Waals surface area contributed by atoms with Crippen molar-refractivity contribution in [3.8, 4) is 23.0 Å². The second-order valence-corrected chi connectivity index (χ2v) is 5.76. The largest absolute Gasteiger partial charge is 0.493 e. The Balaban J connectivity index is 1.89. The number of methoxy groups -OCH3 is 2. The minimum atomic E-state index is -0.585. The van der Waals surface area contributed by atoms with Gasteiger partial charge in [0.05, 0.1) is 39.9 Å². The number of urea groups is 1. The molecule has 0 aliphatic heterocycles. The van der Waals surface area contributed by atoms with E-state index in [0.717, 1.165) is 11.1 Å². The molecular weight excluding hydrogens is 388 g/mol. The normalized spacial score (nSPS) is 10.8. The Bertz CT molecular complexity index is 827. The van der Waals surface area contributed by atoms with Crippen LogP contribution in [0.1, 0.15) is 25.0 Å². The highest BCUT2D eigenvalue weighted by Gasteiger charge is 2.05. The van der Waals surface area contributed by atoms with Crippen molar-refractivity contribution < 1.29 is 23.7 Å². The average molecular weight is 414 g/mol. The summed E-state index contributed by atoms with van der Waals surface area (Å²) in [5, 5.41) is 7.77. The lowest BCUT2D eigenvalue weighted by Crippen LogP contribution is -2.28. The Kier molecular flexibility index (Phi) is 8.98. The fraction of sp³-hybridized carbons (Fsp3) is 0.286. The highest BCUT2D eigenvalue weighted by atomic mass is 16.5. The fourth-order valence-corrected chi connectivity index (χ4v) is 2.43. The lowest BCUT2D eigenvalue weighted by molar-refractivity contribution is 0.242. The third-order valence-electron chi connectivity index (χ3n) is 3.73. The molecule has 2 amide bonds. The quantitative estimate of drug-likeness (QED) is 0.459. The Labute approximate surface area is 175 Å². The van der Waals surface area contributed by atoms with Crippen LogP contribution in [0.5, 0.6) is 23.0 Å². The molecule has 2 N–H and O–H groups in total. The van der Waals surface area contributed by atoms with E-state index < -0.39 is 6.03 Å². The molecule has 0 fully saturated rings. The number of carbonyl (C=O) groups excluding carboxylic acids is 1. The number of hydrazone groups is 2. The second kappa shape index (κ2) is 11.9. The Hall–Kier alpha value is -3.75. The SMILES string of the molecule is CCOc1ccc(/C=N\NC(=O)N/N=C\c2ccc(OCC)c(OC)c2)cc1OC. The first-order chi connectivity index (χ1) is 14.6. The minimum absolute atomic E-state index is 0.537. The summed E-state index contributed by atoms with van der Waals surface area (Å²) in [5.41, 5.74) is 6.14. The van der Waals surface area contributed by atoms with Gasteiger partial charge in [0.25, 0.3) is 0 Å². The van der Waals surface area contributed by atoms with Crippen LogP contribution in [0, 0.1) is 0 Å². The molecule has 2 aromatic carbocycles. The predicted octanol–water partition coefficient (Wildman–Crippen LogP) is 3.17. The van der Waals surface area contributed by atoms with Crippen molar-refractivity contribution in [2.45, 2.75) is 13.8 Å². The van der Waals surface area contributed by atoms with E-state index in [1.165, 1.54) is 12.4 Å². The highest BCUT2D eigenvalue weighted by molar-refractivity contribution is 5.84. The van der Waals surface area contributed by atoms with Crippen molar-refractivity contribution in [2.24, 2.45) is 10.2 Å². The zero-order chi connectivity index (χ0) is 21.8. The van der Waals surface area contributed by atoms with Gasteiger partial charge in [-0.05, 0) is 61.4 Å². The summed E-state index contributed by atoms with van der Waals surface area (Å²) in [5.74, 6) is 2.45.